The molecule has 0 aromatic heterocycles. The van der Waals surface area contributed by atoms with Crippen LogP contribution in [0.5, 0.6) is 5.75 Å². The Hall–Kier alpha value is -1.13. The third-order valence-electron chi connectivity index (χ3n) is 2.81. The van der Waals surface area contributed by atoms with E-state index in [9.17, 15) is 4.79 Å². The molecule has 0 amide bonds. The Morgan fingerprint density at radius 1 is 0.950 bits per heavy atom. The maximum Gasteiger partial charge on any atom is 0.163 e. The van der Waals surface area contributed by atoms with Crippen LogP contribution in [0, 0.1) is 0 Å². The third kappa shape index (κ3) is 4.18. The van der Waals surface area contributed by atoms with Crippen LogP contribution in [0.2, 0.25) is 0 Å². The number of Topliss-reactive ketones (excluding diaryl/α,β-unsaturated/α-hetero) is 1. The van der Waals surface area contributed by atoms with Gasteiger partial charge >= 0.3 is 0 Å². The number of halogens is 2. The van der Waals surface area contributed by atoms with E-state index in [1.165, 1.54) is 0 Å². The fourth-order valence-electron chi connectivity index (χ4n) is 1.80. The summed E-state index contributed by atoms with van der Waals surface area (Å²) >= 11 is 6.89. The zero-order valence-electron chi connectivity index (χ0n) is 10.8. The van der Waals surface area contributed by atoms with Crippen molar-refractivity contribution in [3.05, 3.63) is 63.0 Å². The highest BCUT2D eigenvalue weighted by Gasteiger charge is 2.07. The Morgan fingerprint density at radius 3 is 2.25 bits per heavy atom. The number of hydrogen-bond donors (Lipinski definition) is 0. The summed E-state index contributed by atoms with van der Waals surface area (Å²) in [5.41, 5.74) is 0.759. The second-order valence-corrected chi connectivity index (χ2v) is 6.00. The Kier molecular flexibility index (Phi) is 5.80. The minimum atomic E-state index is 0.153. The van der Waals surface area contributed by atoms with E-state index < -0.39 is 0 Å². The molecule has 0 spiro atoms. The van der Waals surface area contributed by atoms with Crippen molar-refractivity contribution in [2.24, 2.45) is 0 Å². The Bertz CT molecular complexity index is 562. The second-order valence-electron chi connectivity index (χ2n) is 4.29. The summed E-state index contributed by atoms with van der Waals surface area (Å²) in [5.74, 6) is 0.931. The monoisotopic (exact) mass is 396 g/mol. The maximum absolute atomic E-state index is 11.9. The van der Waals surface area contributed by atoms with E-state index in [4.69, 9.17) is 4.74 Å². The molecule has 0 fully saturated rings. The molecule has 0 aliphatic rings. The van der Waals surface area contributed by atoms with Crippen molar-refractivity contribution in [2.45, 2.75) is 12.8 Å². The number of ether oxygens (including phenoxy) is 1. The molecule has 0 saturated heterocycles. The lowest BCUT2D eigenvalue weighted by atomic mass is 10.1. The molecule has 4 heteroatoms. The number of hydrogen-bond acceptors (Lipinski definition) is 2. The lowest BCUT2D eigenvalue weighted by Gasteiger charge is -2.09. The summed E-state index contributed by atoms with van der Waals surface area (Å²) < 4.78 is 7.52. The van der Waals surface area contributed by atoms with Gasteiger partial charge in [-0.3, -0.25) is 4.79 Å². The van der Waals surface area contributed by atoms with Gasteiger partial charge in [0, 0.05) is 12.0 Å². The van der Waals surface area contributed by atoms with Crippen LogP contribution in [0.3, 0.4) is 0 Å². The molecule has 2 aromatic rings. The molecule has 0 unspecified atom stereocenters. The lowest BCUT2D eigenvalue weighted by molar-refractivity contribution is 0.0973. The number of rotatable bonds is 6. The normalized spacial score (nSPS) is 10.3. The van der Waals surface area contributed by atoms with Gasteiger partial charge in [-0.25, -0.2) is 0 Å². The average Bonchev–Trinajstić information content (AvgIpc) is 2.46. The Morgan fingerprint density at radius 2 is 1.60 bits per heavy atom. The van der Waals surface area contributed by atoms with Gasteiger partial charge in [-0.1, -0.05) is 36.4 Å². The summed E-state index contributed by atoms with van der Waals surface area (Å²) in [7, 11) is 0. The minimum absolute atomic E-state index is 0.153. The molecule has 0 heterocycles. The van der Waals surface area contributed by atoms with Crippen molar-refractivity contribution in [3.63, 3.8) is 0 Å². The third-order valence-corrected chi connectivity index (χ3v) is 4.06. The quantitative estimate of drug-likeness (QED) is 0.491. The standard InChI is InChI=1S/C16H14Br2O2/c17-13-8-4-9-14(18)16(13)20-11-5-10-15(19)12-6-2-1-3-7-12/h1-4,6-9H,5,10-11H2. The highest BCUT2D eigenvalue weighted by Crippen LogP contribution is 2.33. The summed E-state index contributed by atoms with van der Waals surface area (Å²) in [6.45, 7) is 0.514. The van der Waals surface area contributed by atoms with E-state index in [0.29, 0.717) is 19.4 Å². The number of ketones is 1. The molecule has 0 bridgehead atoms. The van der Waals surface area contributed by atoms with Gasteiger partial charge in [0.15, 0.2) is 5.78 Å². The van der Waals surface area contributed by atoms with Crippen LogP contribution in [0.15, 0.2) is 57.5 Å². The predicted octanol–water partition coefficient (Wildman–Crippen LogP) is 5.25. The van der Waals surface area contributed by atoms with Crippen LogP contribution in [-0.4, -0.2) is 12.4 Å². The highest BCUT2D eigenvalue weighted by molar-refractivity contribution is 9.11. The van der Waals surface area contributed by atoms with Crippen LogP contribution in [-0.2, 0) is 0 Å². The smallest absolute Gasteiger partial charge is 0.163 e. The molecule has 0 aliphatic carbocycles. The van der Waals surface area contributed by atoms with Gasteiger partial charge in [0.25, 0.3) is 0 Å². The minimum Gasteiger partial charge on any atom is -0.491 e. The van der Waals surface area contributed by atoms with Gasteiger partial charge in [-0.15, -0.1) is 0 Å². The summed E-state index contributed by atoms with van der Waals surface area (Å²) in [4.78, 5) is 11.9. The maximum atomic E-state index is 11.9. The van der Waals surface area contributed by atoms with Crippen LogP contribution >= 0.6 is 31.9 Å². The topological polar surface area (TPSA) is 26.3 Å². The van der Waals surface area contributed by atoms with E-state index in [2.05, 4.69) is 31.9 Å². The van der Waals surface area contributed by atoms with Crippen LogP contribution < -0.4 is 4.74 Å². The van der Waals surface area contributed by atoms with Crippen molar-refractivity contribution in [2.75, 3.05) is 6.61 Å². The van der Waals surface area contributed by atoms with Gasteiger partial charge in [0.05, 0.1) is 15.6 Å². The Balaban J connectivity index is 1.81. The average molecular weight is 398 g/mol. The first-order chi connectivity index (χ1) is 9.68. The van der Waals surface area contributed by atoms with Gasteiger partial charge in [-0.2, -0.15) is 0 Å². The zero-order chi connectivity index (χ0) is 14.4. The van der Waals surface area contributed by atoms with Crippen LogP contribution in [0.4, 0.5) is 0 Å². The second kappa shape index (κ2) is 7.60. The molecule has 0 radical (unpaired) electrons. The van der Waals surface area contributed by atoms with E-state index in [0.717, 1.165) is 20.3 Å². The summed E-state index contributed by atoms with van der Waals surface area (Å²) in [6.07, 6.45) is 1.19. The fraction of sp³-hybridized carbons (Fsp3) is 0.188. The van der Waals surface area contributed by atoms with E-state index in [1.54, 1.807) is 0 Å². The zero-order valence-corrected chi connectivity index (χ0v) is 14.0. The molecule has 0 N–H and O–H groups in total. The molecule has 104 valence electrons. The number of carbonyl (C=O) groups excluding carboxylic acids is 1. The van der Waals surface area contributed by atoms with Gasteiger partial charge in [0.1, 0.15) is 5.75 Å². The molecular weight excluding hydrogens is 384 g/mol. The van der Waals surface area contributed by atoms with Gasteiger partial charge in [-0.05, 0) is 50.4 Å². The number of para-hydroxylation sites is 1. The first-order valence-corrected chi connectivity index (χ1v) is 7.92. The molecular formula is C16H14Br2O2. The lowest BCUT2D eigenvalue weighted by Crippen LogP contribution is -2.04. The van der Waals surface area contributed by atoms with Crippen LogP contribution in [0.1, 0.15) is 23.2 Å². The predicted molar refractivity (Wildman–Crippen MR) is 87.3 cm³/mol. The van der Waals surface area contributed by atoms with E-state index >= 15 is 0 Å². The molecule has 0 aliphatic heterocycles. The molecule has 2 rings (SSSR count). The molecule has 20 heavy (non-hydrogen) atoms. The largest absolute Gasteiger partial charge is 0.491 e. The fourth-order valence-corrected chi connectivity index (χ4v) is 3.02. The van der Waals surface area contributed by atoms with Crippen molar-refractivity contribution in [1.29, 1.82) is 0 Å². The van der Waals surface area contributed by atoms with Gasteiger partial charge in [0.2, 0.25) is 0 Å². The van der Waals surface area contributed by atoms with E-state index in [-0.39, 0.29) is 5.78 Å². The molecule has 0 saturated carbocycles. The molecule has 0 atom stereocenters. The van der Waals surface area contributed by atoms with E-state index in [1.807, 2.05) is 48.5 Å². The van der Waals surface area contributed by atoms with Crippen molar-refractivity contribution < 1.29 is 9.53 Å². The first-order valence-electron chi connectivity index (χ1n) is 6.33. The number of carbonyl (C=O) groups is 1. The summed E-state index contributed by atoms with van der Waals surface area (Å²) in [5, 5.41) is 0. The molecule has 2 nitrogen and oxygen atoms in total. The Labute approximate surface area is 135 Å². The highest BCUT2D eigenvalue weighted by atomic mass is 79.9. The number of benzene rings is 2. The van der Waals surface area contributed by atoms with Crippen molar-refractivity contribution >= 4 is 37.6 Å². The SMILES string of the molecule is O=C(CCCOc1c(Br)cccc1Br)c1ccccc1. The van der Waals surface area contributed by atoms with Crippen LogP contribution in [0.25, 0.3) is 0 Å². The van der Waals surface area contributed by atoms with Gasteiger partial charge < -0.3 is 4.74 Å². The van der Waals surface area contributed by atoms with Crippen molar-refractivity contribution in [3.8, 4) is 5.75 Å². The molecule has 2 aromatic carbocycles. The first kappa shape index (κ1) is 15.3. The summed E-state index contributed by atoms with van der Waals surface area (Å²) in [6, 6.07) is 15.1. The van der Waals surface area contributed by atoms with Crippen molar-refractivity contribution in [1.82, 2.24) is 0 Å².